The van der Waals surface area contributed by atoms with Crippen LogP contribution in [0.5, 0.6) is 11.5 Å². The first-order valence-corrected chi connectivity index (χ1v) is 16.7. The quantitative estimate of drug-likeness (QED) is 0.188. The lowest BCUT2D eigenvalue weighted by Crippen LogP contribution is -2.23. The van der Waals surface area contributed by atoms with Gasteiger partial charge in [-0.05, 0) is 82.4 Å². The third kappa shape index (κ3) is 5.04. The van der Waals surface area contributed by atoms with Crippen LogP contribution in [0.3, 0.4) is 0 Å². The molecule has 0 fully saturated rings. The molecule has 1 aliphatic rings. The summed E-state index contributed by atoms with van der Waals surface area (Å²) < 4.78 is 8.86. The summed E-state index contributed by atoms with van der Waals surface area (Å²) in [4.78, 5) is 14.0. The highest BCUT2D eigenvalue weighted by Crippen LogP contribution is 2.45. The van der Waals surface area contributed by atoms with Crippen molar-refractivity contribution in [2.75, 3.05) is 16.5 Å². The monoisotopic (exact) mass is 637 g/mol. The Morgan fingerprint density at radius 3 is 2.27 bits per heavy atom. The summed E-state index contributed by atoms with van der Waals surface area (Å²) in [7, 11) is 0. The molecule has 49 heavy (non-hydrogen) atoms. The van der Waals surface area contributed by atoms with Crippen LogP contribution in [0.4, 0.5) is 22.7 Å². The van der Waals surface area contributed by atoms with E-state index in [1.54, 1.807) is 0 Å². The molecule has 0 aliphatic carbocycles. The third-order valence-corrected chi connectivity index (χ3v) is 9.54. The zero-order chi connectivity index (χ0) is 33.1. The Balaban J connectivity index is 1.07. The van der Waals surface area contributed by atoms with Gasteiger partial charge < -0.3 is 14.5 Å². The molecule has 3 aromatic heterocycles. The summed E-state index contributed by atoms with van der Waals surface area (Å²) in [5, 5.41) is 4.80. The van der Waals surface area contributed by atoms with E-state index in [0.29, 0.717) is 6.67 Å². The van der Waals surface area contributed by atoms with Crippen molar-refractivity contribution < 1.29 is 4.74 Å². The minimum absolute atomic E-state index is 0.00810. The van der Waals surface area contributed by atoms with Gasteiger partial charge in [0.25, 0.3) is 0 Å². The Morgan fingerprint density at radius 1 is 0.592 bits per heavy atom. The molecule has 4 heterocycles. The molecule has 0 amide bonds. The second-order valence-electron chi connectivity index (χ2n) is 13.7. The van der Waals surface area contributed by atoms with E-state index in [9.17, 15) is 0 Å². The average molecular weight is 638 g/mol. The topological polar surface area (TPSA) is 46.4 Å². The lowest BCUT2D eigenvalue weighted by Gasteiger charge is -2.22. The largest absolute Gasteiger partial charge is 0.457 e. The maximum Gasteiger partial charge on any atom is 0.137 e. The first kappa shape index (κ1) is 29.0. The first-order chi connectivity index (χ1) is 23.9. The fraction of sp³-hybridized carbons (Fsp3) is 0.116. The van der Waals surface area contributed by atoms with E-state index in [1.165, 1.54) is 21.7 Å². The molecule has 1 aliphatic heterocycles. The maximum absolute atomic E-state index is 6.61. The number of pyridine rings is 2. The van der Waals surface area contributed by atoms with Crippen molar-refractivity contribution in [1.29, 1.82) is 0 Å². The van der Waals surface area contributed by atoms with Crippen LogP contribution in [-0.4, -0.2) is 21.2 Å². The minimum Gasteiger partial charge on any atom is -0.457 e. The Hall–Kier alpha value is -6.14. The van der Waals surface area contributed by atoms with Crippen molar-refractivity contribution in [3.8, 4) is 17.3 Å². The van der Waals surface area contributed by atoms with Gasteiger partial charge in [-0.15, -0.1) is 0 Å². The number of aromatic nitrogens is 3. The fourth-order valence-electron chi connectivity index (χ4n) is 7.01. The van der Waals surface area contributed by atoms with Crippen LogP contribution >= 0.6 is 0 Å². The van der Waals surface area contributed by atoms with Crippen LogP contribution < -0.4 is 14.5 Å². The summed E-state index contributed by atoms with van der Waals surface area (Å²) in [6.45, 7) is 7.36. The van der Waals surface area contributed by atoms with Crippen molar-refractivity contribution in [3.05, 3.63) is 152 Å². The van der Waals surface area contributed by atoms with Gasteiger partial charge in [0.2, 0.25) is 0 Å². The Labute approximate surface area is 285 Å². The molecule has 0 saturated carbocycles. The van der Waals surface area contributed by atoms with E-state index in [0.717, 1.165) is 56.5 Å². The van der Waals surface area contributed by atoms with Gasteiger partial charge in [0.15, 0.2) is 0 Å². The van der Waals surface area contributed by atoms with Gasteiger partial charge >= 0.3 is 0 Å². The lowest BCUT2D eigenvalue weighted by atomic mass is 9.88. The Kier molecular flexibility index (Phi) is 6.66. The fourth-order valence-corrected chi connectivity index (χ4v) is 7.01. The van der Waals surface area contributed by atoms with Crippen LogP contribution in [0.2, 0.25) is 0 Å². The van der Waals surface area contributed by atoms with Crippen LogP contribution in [0.25, 0.3) is 38.4 Å². The number of hydrogen-bond donors (Lipinski definition) is 0. The molecule has 0 saturated heterocycles. The van der Waals surface area contributed by atoms with Crippen LogP contribution in [0.1, 0.15) is 26.3 Å². The molecule has 9 rings (SSSR count). The molecule has 6 heteroatoms. The van der Waals surface area contributed by atoms with Gasteiger partial charge in [0, 0.05) is 46.7 Å². The van der Waals surface area contributed by atoms with Gasteiger partial charge in [0.1, 0.15) is 24.0 Å². The number of fused-ring (bicyclic) bond motifs is 5. The van der Waals surface area contributed by atoms with Crippen LogP contribution in [0, 0.1) is 0 Å². The van der Waals surface area contributed by atoms with Gasteiger partial charge in [-0.25, -0.2) is 4.98 Å². The summed E-state index contributed by atoms with van der Waals surface area (Å²) in [6, 6.07) is 44.7. The number of hydrogen-bond acceptors (Lipinski definition) is 5. The zero-order valence-corrected chi connectivity index (χ0v) is 27.7. The molecular weight excluding hydrogens is 603 g/mol. The first-order valence-electron chi connectivity index (χ1n) is 16.7. The highest BCUT2D eigenvalue weighted by molar-refractivity contribution is 6.09. The second-order valence-corrected chi connectivity index (χ2v) is 13.7. The van der Waals surface area contributed by atoms with E-state index >= 15 is 0 Å². The second kappa shape index (κ2) is 11.2. The number of nitrogens with zero attached hydrogens (tertiary/aromatic N) is 5. The highest BCUT2D eigenvalue weighted by atomic mass is 16.5. The van der Waals surface area contributed by atoms with E-state index in [-0.39, 0.29) is 5.41 Å². The molecule has 0 spiro atoms. The Morgan fingerprint density at radius 2 is 1.37 bits per heavy atom. The molecule has 5 aromatic carbocycles. The summed E-state index contributed by atoms with van der Waals surface area (Å²) in [5.41, 5.74) is 7.79. The zero-order valence-electron chi connectivity index (χ0n) is 27.7. The maximum atomic E-state index is 6.61. The average Bonchev–Trinajstić information content (AvgIpc) is 3.67. The van der Waals surface area contributed by atoms with Crippen molar-refractivity contribution in [3.63, 3.8) is 0 Å². The molecule has 0 bridgehead atoms. The summed E-state index contributed by atoms with van der Waals surface area (Å²) in [5.74, 6) is 2.43. The van der Waals surface area contributed by atoms with Gasteiger partial charge in [0.05, 0.1) is 28.6 Å². The van der Waals surface area contributed by atoms with Crippen LogP contribution in [-0.2, 0) is 5.41 Å². The molecular formula is C43H35N5O. The predicted molar refractivity (Wildman–Crippen MR) is 201 cm³/mol. The predicted octanol–water partition coefficient (Wildman–Crippen LogP) is 11.1. The van der Waals surface area contributed by atoms with Gasteiger partial charge in [-0.3, -0.25) is 9.55 Å². The van der Waals surface area contributed by atoms with Crippen molar-refractivity contribution in [2.45, 2.75) is 26.2 Å². The SMILES string of the molecule is CC(C)(C)c1ccnc(-n2c3ccccc3c3ccc(Oc4cccc(N5CN(c6ccc7ccccc7c6)c6ccncc65)c4)cc32)c1. The van der Waals surface area contributed by atoms with E-state index in [4.69, 9.17) is 9.72 Å². The van der Waals surface area contributed by atoms with Crippen molar-refractivity contribution in [1.82, 2.24) is 14.5 Å². The van der Waals surface area contributed by atoms with E-state index in [2.05, 4.69) is 161 Å². The molecule has 0 radical (unpaired) electrons. The number of benzene rings is 5. The normalized spacial score (nSPS) is 13.0. The number of para-hydroxylation sites is 1. The highest BCUT2D eigenvalue weighted by Gasteiger charge is 2.28. The lowest BCUT2D eigenvalue weighted by molar-refractivity contribution is 0.483. The van der Waals surface area contributed by atoms with Crippen molar-refractivity contribution in [2.24, 2.45) is 0 Å². The minimum atomic E-state index is 0.00810. The standard InChI is InChI=1S/C43H35N5O/c1-43(2,3)31-19-22-45-42(24-31)48-38-14-7-6-13-36(38)37-18-17-35(26-40(37)48)49-34-12-8-11-32(25-34)47-28-46(39-20-21-44-27-41(39)47)33-16-15-29-9-4-5-10-30(29)23-33/h4-27H,28H2,1-3H3. The molecule has 0 N–H and O–H groups in total. The molecule has 6 nitrogen and oxygen atoms in total. The smallest absolute Gasteiger partial charge is 0.137 e. The van der Waals surface area contributed by atoms with Gasteiger partial charge in [-0.1, -0.05) is 75.4 Å². The van der Waals surface area contributed by atoms with Crippen molar-refractivity contribution >= 4 is 55.3 Å². The number of ether oxygens (including phenoxy) is 1. The summed E-state index contributed by atoms with van der Waals surface area (Å²) >= 11 is 0. The molecule has 238 valence electrons. The summed E-state index contributed by atoms with van der Waals surface area (Å²) in [6.07, 6.45) is 5.72. The van der Waals surface area contributed by atoms with E-state index < -0.39 is 0 Å². The molecule has 0 atom stereocenters. The van der Waals surface area contributed by atoms with Crippen LogP contribution in [0.15, 0.2) is 146 Å². The molecule has 8 aromatic rings. The van der Waals surface area contributed by atoms with E-state index in [1.807, 2.05) is 24.7 Å². The number of rotatable bonds is 5. The van der Waals surface area contributed by atoms with Gasteiger partial charge in [-0.2, -0.15) is 0 Å². The molecule has 0 unspecified atom stereocenters. The third-order valence-electron chi connectivity index (χ3n) is 9.54. The Bertz CT molecular complexity index is 2530. The number of anilines is 4.